The van der Waals surface area contributed by atoms with Gasteiger partial charge in [0.05, 0.1) is 4.92 Å². The predicted molar refractivity (Wildman–Crippen MR) is 92.3 cm³/mol. The molecule has 2 aromatic rings. The molecule has 0 spiro atoms. The zero-order valence-corrected chi connectivity index (χ0v) is 13.5. The molecular weight excluding hydrogens is 338 g/mol. The molecule has 0 atom stereocenters. The van der Waals surface area contributed by atoms with Gasteiger partial charge >= 0.3 is 0 Å². The largest absolute Gasteiger partial charge is 0.457 e. The predicted octanol–water partition coefficient (Wildman–Crippen LogP) is 4.35. The number of benzene rings is 2. The van der Waals surface area contributed by atoms with Gasteiger partial charge in [-0.1, -0.05) is 23.4 Å². The molecule has 1 radical (unpaired) electrons. The molecule has 0 unspecified atom stereocenters. The highest BCUT2D eigenvalue weighted by Crippen LogP contribution is 2.33. The van der Waals surface area contributed by atoms with Crippen molar-refractivity contribution in [2.24, 2.45) is 5.73 Å². The van der Waals surface area contributed by atoms with E-state index < -0.39 is 4.92 Å². The molecule has 0 aromatic heterocycles. The van der Waals surface area contributed by atoms with E-state index in [1.807, 2.05) is 0 Å². The lowest BCUT2D eigenvalue weighted by Gasteiger charge is -2.13. The topological polar surface area (TPSA) is 102 Å². The van der Waals surface area contributed by atoms with Crippen molar-refractivity contribution < 1.29 is 9.66 Å². The Morgan fingerprint density at radius 2 is 2.04 bits per heavy atom. The van der Waals surface area contributed by atoms with Crippen LogP contribution in [0.4, 0.5) is 5.69 Å². The van der Waals surface area contributed by atoms with Crippen LogP contribution in [0.1, 0.15) is 11.1 Å². The van der Waals surface area contributed by atoms with E-state index in [9.17, 15) is 10.1 Å². The van der Waals surface area contributed by atoms with Gasteiger partial charge in [-0.2, -0.15) is 0 Å². The van der Waals surface area contributed by atoms with Gasteiger partial charge in [0.1, 0.15) is 11.5 Å². The molecule has 0 saturated heterocycles. The van der Waals surface area contributed by atoms with Crippen LogP contribution in [0.2, 0.25) is 5.02 Å². The van der Waals surface area contributed by atoms with Gasteiger partial charge in [0, 0.05) is 34.0 Å². The van der Waals surface area contributed by atoms with Gasteiger partial charge in [0.2, 0.25) is 0 Å². The van der Waals surface area contributed by atoms with Crippen LogP contribution in [0.15, 0.2) is 36.4 Å². The molecule has 3 N–H and O–H groups in total. The molecule has 2 rings (SSSR count). The average molecular weight is 351 g/mol. The molecule has 2 aromatic carbocycles. The van der Waals surface area contributed by atoms with Crippen molar-refractivity contribution in [1.29, 1.82) is 5.41 Å². The number of non-ortho nitro benzene ring substituents is 1. The van der Waals surface area contributed by atoms with Crippen LogP contribution in [0.25, 0.3) is 0 Å². The number of halogens is 1. The highest BCUT2D eigenvalue weighted by atomic mass is 35.5. The molecular formula is C15H13ClN3O3S. The maximum atomic E-state index is 10.8. The molecule has 0 aliphatic carbocycles. The van der Waals surface area contributed by atoms with E-state index in [0.717, 1.165) is 17.3 Å². The van der Waals surface area contributed by atoms with E-state index in [2.05, 4.69) is 6.92 Å². The zero-order valence-electron chi connectivity index (χ0n) is 11.9. The fraction of sp³-hybridized carbons (Fsp3) is 0.0667. The summed E-state index contributed by atoms with van der Waals surface area (Å²) in [6.45, 7) is 3.77. The molecule has 0 aliphatic rings. The summed E-state index contributed by atoms with van der Waals surface area (Å²) in [7, 11) is 0. The Morgan fingerprint density at radius 3 is 2.65 bits per heavy atom. The van der Waals surface area contributed by atoms with Crippen molar-refractivity contribution in [3.63, 3.8) is 0 Å². The van der Waals surface area contributed by atoms with Crippen molar-refractivity contribution in [1.82, 2.24) is 0 Å². The number of amidine groups is 1. The van der Waals surface area contributed by atoms with Gasteiger partial charge in [-0.05, 0) is 31.2 Å². The number of hydrogen-bond acceptors (Lipinski definition) is 5. The SMILES string of the molecule is [CH2]c1cc([N+](=O)[O-])ccc1Oc1ccc(Cl)cc1CSC(=N)N. The number of rotatable bonds is 5. The molecule has 0 amide bonds. The number of nitro benzene ring substituents is 1. The minimum Gasteiger partial charge on any atom is -0.457 e. The third kappa shape index (κ3) is 4.61. The van der Waals surface area contributed by atoms with E-state index in [1.54, 1.807) is 18.2 Å². The highest BCUT2D eigenvalue weighted by molar-refractivity contribution is 8.13. The Kier molecular flexibility index (Phi) is 5.46. The lowest BCUT2D eigenvalue weighted by atomic mass is 10.2. The van der Waals surface area contributed by atoms with Crippen LogP contribution in [-0.4, -0.2) is 10.1 Å². The van der Waals surface area contributed by atoms with Crippen LogP contribution in [0.3, 0.4) is 0 Å². The second-order valence-corrected chi connectivity index (χ2v) is 6.01. The monoisotopic (exact) mass is 350 g/mol. The van der Waals surface area contributed by atoms with Gasteiger partial charge < -0.3 is 10.5 Å². The summed E-state index contributed by atoms with van der Waals surface area (Å²) < 4.78 is 5.79. The minimum atomic E-state index is -0.490. The zero-order chi connectivity index (χ0) is 17.0. The van der Waals surface area contributed by atoms with E-state index in [-0.39, 0.29) is 10.9 Å². The number of nitro groups is 1. The molecule has 8 heteroatoms. The Hall–Kier alpha value is -2.25. The number of thioether (sulfide) groups is 1. The normalized spacial score (nSPS) is 10.3. The second-order valence-electron chi connectivity index (χ2n) is 4.56. The van der Waals surface area contributed by atoms with E-state index in [4.69, 9.17) is 27.5 Å². The molecule has 23 heavy (non-hydrogen) atoms. The molecule has 0 saturated carbocycles. The summed E-state index contributed by atoms with van der Waals surface area (Å²) in [6.07, 6.45) is 0. The highest BCUT2D eigenvalue weighted by Gasteiger charge is 2.12. The van der Waals surface area contributed by atoms with Crippen LogP contribution in [0, 0.1) is 22.4 Å². The molecule has 0 bridgehead atoms. The maximum Gasteiger partial charge on any atom is 0.269 e. The van der Waals surface area contributed by atoms with E-state index in [0.29, 0.717) is 27.8 Å². The van der Waals surface area contributed by atoms with Crippen LogP contribution < -0.4 is 10.5 Å². The first-order valence-corrected chi connectivity index (χ1v) is 7.76. The van der Waals surface area contributed by atoms with Crippen LogP contribution in [0.5, 0.6) is 11.5 Å². The van der Waals surface area contributed by atoms with Gasteiger partial charge in [0.25, 0.3) is 5.69 Å². The van der Waals surface area contributed by atoms with Crippen molar-refractivity contribution in [3.8, 4) is 11.5 Å². The Balaban J connectivity index is 2.29. The molecule has 119 valence electrons. The number of ether oxygens (including phenoxy) is 1. The summed E-state index contributed by atoms with van der Waals surface area (Å²) in [5.74, 6) is 1.36. The first-order chi connectivity index (χ1) is 10.9. The number of nitrogens with two attached hydrogens (primary N) is 1. The Bertz CT molecular complexity index is 768. The molecule has 0 heterocycles. The third-order valence-corrected chi connectivity index (χ3v) is 3.88. The van der Waals surface area contributed by atoms with Crippen molar-refractivity contribution in [2.75, 3.05) is 0 Å². The first kappa shape index (κ1) is 17.1. The minimum absolute atomic E-state index is 0.0101. The number of nitrogens with zero attached hydrogens (tertiary/aromatic N) is 1. The van der Waals surface area contributed by atoms with Gasteiger partial charge in [-0.25, -0.2) is 0 Å². The van der Waals surface area contributed by atoms with Crippen molar-refractivity contribution >= 4 is 34.2 Å². The fourth-order valence-corrected chi connectivity index (χ4v) is 2.54. The van der Waals surface area contributed by atoms with E-state index >= 15 is 0 Å². The summed E-state index contributed by atoms with van der Waals surface area (Å²) in [5.41, 5.74) is 6.46. The fourth-order valence-electron chi connectivity index (χ4n) is 1.81. The number of hydrogen-bond donors (Lipinski definition) is 2. The van der Waals surface area contributed by atoms with Gasteiger partial charge in [-0.3, -0.25) is 15.5 Å². The smallest absolute Gasteiger partial charge is 0.269 e. The Labute approximate surface area is 142 Å². The Morgan fingerprint density at radius 1 is 1.35 bits per heavy atom. The van der Waals surface area contributed by atoms with Crippen LogP contribution >= 0.6 is 23.4 Å². The summed E-state index contributed by atoms with van der Waals surface area (Å²) >= 11 is 7.13. The molecule has 6 nitrogen and oxygen atoms in total. The van der Waals surface area contributed by atoms with Crippen molar-refractivity contribution in [2.45, 2.75) is 5.75 Å². The molecule has 0 fully saturated rings. The maximum absolute atomic E-state index is 10.8. The second kappa shape index (κ2) is 7.34. The average Bonchev–Trinajstić information content (AvgIpc) is 2.48. The third-order valence-electron chi connectivity index (χ3n) is 2.88. The lowest BCUT2D eigenvalue weighted by molar-refractivity contribution is -0.384. The lowest BCUT2D eigenvalue weighted by Crippen LogP contribution is -2.04. The van der Waals surface area contributed by atoms with Crippen LogP contribution in [-0.2, 0) is 5.75 Å². The standard InChI is InChI=1S/C15H13ClN3O3S/c1-9-6-12(19(20)21)3-5-13(9)22-14-4-2-11(16)7-10(14)8-23-15(17)18/h2-7H,1,8H2,(H3,17,18). The van der Waals surface area contributed by atoms with Crippen molar-refractivity contribution in [3.05, 3.63) is 69.6 Å². The summed E-state index contributed by atoms with van der Waals surface area (Å²) in [4.78, 5) is 10.3. The first-order valence-electron chi connectivity index (χ1n) is 6.40. The van der Waals surface area contributed by atoms with Gasteiger partial charge in [0.15, 0.2) is 5.17 Å². The summed E-state index contributed by atoms with van der Waals surface area (Å²) in [6, 6.07) is 9.28. The van der Waals surface area contributed by atoms with Gasteiger partial charge in [-0.15, -0.1) is 0 Å². The molecule has 0 aliphatic heterocycles. The quantitative estimate of drug-likeness (QED) is 0.361. The summed E-state index contributed by atoms with van der Waals surface area (Å²) in [5, 5.41) is 18.6. The number of nitrogens with one attached hydrogen (secondary N) is 1. The van der Waals surface area contributed by atoms with E-state index in [1.165, 1.54) is 18.2 Å².